The van der Waals surface area contributed by atoms with Crippen molar-refractivity contribution in [1.82, 2.24) is 4.98 Å². The van der Waals surface area contributed by atoms with Gasteiger partial charge in [0.2, 0.25) is 0 Å². The van der Waals surface area contributed by atoms with Crippen molar-refractivity contribution >= 4 is 17.1 Å². The number of thiazole rings is 1. The predicted molar refractivity (Wildman–Crippen MR) is 55.3 cm³/mol. The highest BCUT2D eigenvalue weighted by molar-refractivity contribution is 7.09. The minimum atomic E-state index is 0.187. The van der Waals surface area contributed by atoms with E-state index < -0.39 is 0 Å². The molecule has 0 aliphatic heterocycles. The van der Waals surface area contributed by atoms with Gasteiger partial charge in [0.1, 0.15) is 5.69 Å². The van der Waals surface area contributed by atoms with Crippen LogP contribution in [0.15, 0.2) is 5.51 Å². The molecule has 1 heterocycles. The molecular formula is C10H15NOS. The molecule has 0 radical (unpaired) electrons. The lowest BCUT2D eigenvalue weighted by molar-refractivity contribution is 0.0970. The summed E-state index contributed by atoms with van der Waals surface area (Å²) in [5, 5.41) is 0. The Morgan fingerprint density at radius 3 is 2.77 bits per heavy atom. The lowest BCUT2D eigenvalue weighted by atomic mass is 10.0. The van der Waals surface area contributed by atoms with Gasteiger partial charge in [-0.15, -0.1) is 11.3 Å². The maximum atomic E-state index is 11.6. The highest BCUT2D eigenvalue weighted by atomic mass is 32.1. The van der Waals surface area contributed by atoms with Gasteiger partial charge in [-0.2, -0.15) is 0 Å². The Morgan fingerprint density at radius 1 is 1.62 bits per heavy atom. The summed E-state index contributed by atoms with van der Waals surface area (Å²) in [7, 11) is 0. The number of rotatable bonds is 4. The summed E-state index contributed by atoms with van der Waals surface area (Å²) in [6.45, 7) is 6.20. The Balaban J connectivity index is 2.54. The van der Waals surface area contributed by atoms with Gasteiger partial charge in [0.05, 0.1) is 5.51 Å². The number of hydrogen-bond donors (Lipinski definition) is 0. The monoisotopic (exact) mass is 197 g/mol. The Morgan fingerprint density at radius 2 is 2.31 bits per heavy atom. The maximum absolute atomic E-state index is 11.6. The van der Waals surface area contributed by atoms with Gasteiger partial charge >= 0.3 is 0 Å². The molecule has 0 aliphatic rings. The van der Waals surface area contributed by atoms with E-state index in [9.17, 15) is 4.79 Å². The van der Waals surface area contributed by atoms with Crippen LogP contribution in [0.1, 0.15) is 42.1 Å². The third-order valence-corrected chi connectivity index (χ3v) is 2.72. The van der Waals surface area contributed by atoms with E-state index in [0.29, 0.717) is 18.0 Å². The average Bonchev–Trinajstić information content (AvgIpc) is 2.47. The number of ketones is 1. The third-order valence-electron chi connectivity index (χ3n) is 1.96. The van der Waals surface area contributed by atoms with Gasteiger partial charge in [-0.05, 0) is 19.3 Å². The highest BCUT2D eigenvalue weighted by Gasteiger charge is 2.11. The number of Topliss-reactive ketones (excluding diaryl/α,β-unsaturated/α-hetero) is 1. The topological polar surface area (TPSA) is 30.0 Å². The van der Waals surface area contributed by atoms with E-state index in [1.165, 1.54) is 11.3 Å². The van der Waals surface area contributed by atoms with Crippen molar-refractivity contribution in [2.75, 3.05) is 0 Å². The van der Waals surface area contributed by atoms with Gasteiger partial charge in [-0.3, -0.25) is 4.79 Å². The Kier molecular flexibility index (Phi) is 3.60. The first-order chi connectivity index (χ1) is 6.11. The van der Waals surface area contributed by atoms with E-state index in [1.54, 1.807) is 5.51 Å². The van der Waals surface area contributed by atoms with Gasteiger partial charge in [0.25, 0.3) is 0 Å². The molecule has 2 nitrogen and oxygen atoms in total. The van der Waals surface area contributed by atoms with Gasteiger partial charge in [-0.1, -0.05) is 13.8 Å². The number of carbonyl (C=O) groups is 1. The molecule has 0 unspecified atom stereocenters. The van der Waals surface area contributed by atoms with Gasteiger partial charge in [0.15, 0.2) is 5.78 Å². The minimum Gasteiger partial charge on any atom is -0.292 e. The van der Waals surface area contributed by atoms with Crippen LogP contribution in [0.3, 0.4) is 0 Å². The van der Waals surface area contributed by atoms with Crippen LogP contribution in [0, 0.1) is 12.8 Å². The van der Waals surface area contributed by atoms with E-state index in [2.05, 4.69) is 18.8 Å². The van der Waals surface area contributed by atoms with Crippen molar-refractivity contribution in [3.8, 4) is 0 Å². The minimum absolute atomic E-state index is 0.187. The molecule has 72 valence electrons. The van der Waals surface area contributed by atoms with Crippen molar-refractivity contribution in [2.24, 2.45) is 5.92 Å². The predicted octanol–water partition coefficient (Wildman–Crippen LogP) is 3.07. The molecule has 0 N–H and O–H groups in total. The van der Waals surface area contributed by atoms with Crippen molar-refractivity contribution in [3.63, 3.8) is 0 Å². The zero-order valence-electron chi connectivity index (χ0n) is 8.33. The molecule has 3 heteroatoms. The molecule has 1 rings (SSSR count). The summed E-state index contributed by atoms with van der Waals surface area (Å²) in [6, 6.07) is 0. The van der Waals surface area contributed by atoms with Gasteiger partial charge in [0, 0.05) is 11.3 Å². The summed E-state index contributed by atoms with van der Waals surface area (Å²) in [6.07, 6.45) is 1.58. The van der Waals surface area contributed by atoms with Gasteiger partial charge < -0.3 is 0 Å². The quantitative estimate of drug-likeness (QED) is 0.694. The van der Waals surface area contributed by atoms with E-state index >= 15 is 0 Å². The molecule has 0 saturated carbocycles. The van der Waals surface area contributed by atoms with Crippen LogP contribution in [-0.2, 0) is 0 Å². The summed E-state index contributed by atoms with van der Waals surface area (Å²) < 4.78 is 0. The van der Waals surface area contributed by atoms with E-state index in [0.717, 1.165) is 11.3 Å². The largest absolute Gasteiger partial charge is 0.292 e. The second-order valence-corrected chi connectivity index (χ2v) is 4.67. The molecule has 0 saturated heterocycles. The summed E-state index contributed by atoms with van der Waals surface area (Å²) in [4.78, 5) is 16.7. The van der Waals surface area contributed by atoms with Crippen molar-refractivity contribution in [3.05, 3.63) is 16.1 Å². The number of aromatic nitrogens is 1. The Bertz CT molecular complexity index is 291. The summed E-state index contributed by atoms with van der Waals surface area (Å²) in [5.74, 6) is 0.773. The lowest BCUT2D eigenvalue weighted by Gasteiger charge is -2.02. The molecule has 13 heavy (non-hydrogen) atoms. The first-order valence-electron chi connectivity index (χ1n) is 4.54. The van der Waals surface area contributed by atoms with E-state index in [4.69, 9.17) is 0 Å². The summed E-state index contributed by atoms with van der Waals surface area (Å²) >= 11 is 1.54. The van der Waals surface area contributed by atoms with E-state index in [1.807, 2.05) is 6.92 Å². The SMILES string of the molecule is Cc1scnc1C(=O)CCC(C)C. The highest BCUT2D eigenvalue weighted by Crippen LogP contribution is 2.15. The fraction of sp³-hybridized carbons (Fsp3) is 0.600. The maximum Gasteiger partial charge on any atom is 0.182 e. The zero-order valence-corrected chi connectivity index (χ0v) is 9.15. The van der Waals surface area contributed by atoms with Crippen LogP contribution in [0.4, 0.5) is 0 Å². The fourth-order valence-electron chi connectivity index (χ4n) is 1.11. The van der Waals surface area contributed by atoms with Crippen molar-refractivity contribution < 1.29 is 4.79 Å². The smallest absolute Gasteiger partial charge is 0.182 e. The second kappa shape index (κ2) is 4.51. The van der Waals surface area contributed by atoms with Crippen LogP contribution in [0.25, 0.3) is 0 Å². The molecule has 1 aromatic rings. The second-order valence-electron chi connectivity index (χ2n) is 3.61. The first kappa shape index (κ1) is 10.4. The molecule has 0 atom stereocenters. The van der Waals surface area contributed by atoms with Crippen molar-refractivity contribution in [2.45, 2.75) is 33.6 Å². The number of nitrogens with zero attached hydrogens (tertiary/aromatic N) is 1. The van der Waals surface area contributed by atoms with Gasteiger partial charge in [-0.25, -0.2) is 4.98 Å². The molecule has 1 aromatic heterocycles. The van der Waals surface area contributed by atoms with Crippen LogP contribution in [0.2, 0.25) is 0 Å². The van der Waals surface area contributed by atoms with Crippen LogP contribution >= 0.6 is 11.3 Å². The lowest BCUT2D eigenvalue weighted by Crippen LogP contribution is -2.03. The fourth-order valence-corrected chi connectivity index (χ4v) is 1.71. The van der Waals surface area contributed by atoms with E-state index in [-0.39, 0.29) is 5.78 Å². The molecular weight excluding hydrogens is 182 g/mol. The van der Waals surface area contributed by atoms with Crippen LogP contribution in [0.5, 0.6) is 0 Å². The summed E-state index contributed by atoms with van der Waals surface area (Å²) in [5.41, 5.74) is 2.41. The number of hydrogen-bond acceptors (Lipinski definition) is 3. The standard InChI is InChI=1S/C10H15NOS/c1-7(2)4-5-9(12)10-8(3)13-6-11-10/h6-7H,4-5H2,1-3H3. The number of aryl methyl sites for hydroxylation is 1. The molecule has 0 bridgehead atoms. The third kappa shape index (κ3) is 2.92. The Labute approximate surface area is 83.0 Å². The van der Waals surface area contributed by atoms with Crippen LogP contribution < -0.4 is 0 Å². The molecule has 0 aliphatic carbocycles. The first-order valence-corrected chi connectivity index (χ1v) is 5.42. The molecule has 0 aromatic carbocycles. The molecule has 0 fully saturated rings. The average molecular weight is 197 g/mol. The number of carbonyl (C=O) groups excluding carboxylic acids is 1. The van der Waals surface area contributed by atoms with Crippen LogP contribution in [-0.4, -0.2) is 10.8 Å². The molecule has 0 amide bonds. The van der Waals surface area contributed by atoms with Crippen molar-refractivity contribution in [1.29, 1.82) is 0 Å². The molecule has 0 spiro atoms. The Hall–Kier alpha value is -0.700. The zero-order chi connectivity index (χ0) is 9.84. The normalized spacial score (nSPS) is 10.8.